The molecule has 0 atom stereocenters. The Kier molecular flexibility index (Phi) is 5.61. The first-order chi connectivity index (χ1) is 5.77. The molecule has 1 aromatic rings. The maximum absolute atomic E-state index is 13.0. The van der Waals surface area contributed by atoms with Crippen molar-refractivity contribution in [1.29, 1.82) is 0 Å². The molecule has 0 saturated carbocycles. The van der Waals surface area contributed by atoms with Crippen molar-refractivity contribution in [1.82, 2.24) is 0 Å². The Morgan fingerprint density at radius 2 is 2.23 bits per heavy atom. The van der Waals surface area contributed by atoms with E-state index in [1.54, 1.807) is 6.92 Å². The van der Waals surface area contributed by atoms with Crippen molar-refractivity contribution in [2.45, 2.75) is 6.92 Å². The van der Waals surface area contributed by atoms with Crippen molar-refractivity contribution in [2.24, 2.45) is 0 Å². The molecule has 0 aliphatic rings. The molecule has 0 aliphatic heterocycles. The Bertz CT molecular complexity index is 266. The summed E-state index contributed by atoms with van der Waals surface area (Å²) in [5.74, 6) is 0.130. The maximum Gasteiger partial charge on any atom is 1.00 e. The summed E-state index contributed by atoms with van der Waals surface area (Å²) in [5, 5.41) is 0. The summed E-state index contributed by atoms with van der Waals surface area (Å²) in [6.07, 6.45) is 0. The van der Waals surface area contributed by atoms with Crippen molar-refractivity contribution in [3.05, 3.63) is 24.0 Å². The topological polar surface area (TPSA) is 18.5 Å². The SMILES string of the molecule is CCOc1[c-]cc(OC)cc1F.[Li+]. The smallest absolute Gasteiger partial charge is 0.554 e. The zero-order valence-corrected chi connectivity index (χ0v) is 8.06. The first-order valence-electron chi connectivity index (χ1n) is 3.66. The third kappa shape index (κ3) is 3.29. The van der Waals surface area contributed by atoms with Gasteiger partial charge < -0.3 is 9.47 Å². The predicted molar refractivity (Wildman–Crippen MR) is 43.0 cm³/mol. The molecule has 0 saturated heterocycles. The van der Waals surface area contributed by atoms with Crippen molar-refractivity contribution < 1.29 is 32.7 Å². The summed E-state index contributed by atoms with van der Waals surface area (Å²) in [7, 11) is 1.48. The number of ether oxygens (including phenoxy) is 2. The van der Waals surface area contributed by atoms with E-state index in [0.717, 1.165) is 0 Å². The predicted octanol–water partition coefficient (Wildman–Crippen LogP) is -0.963. The van der Waals surface area contributed by atoms with Gasteiger partial charge in [-0.25, -0.2) is 0 Å². The second kappa shape index (κ2) is 5.90. The van der Waals surface area contributed by atoms with E-state index in [9.17, 15) is 4.39 Å². The standard InChI is InChI=1S/C9H10FO2.Li/c1-3-12-9-5-4-7(11-2)6-8(9)10;/h4,6H,3H2,1-2H3;/q-1;+1. The molecular weight excluding hydrogens is 166 g/mol. The zero-order valence-electron chi connectivity index (χ0n) is 8.06. The molecule has 0 unspecified atom stereocenters. The fraction of sp³-hybridized carbons (Fsp3) is 0.333. The van der Waals surface area contributed by atoms with Gasteiger partial charge in [0.2, 0.25) is 0 Å². The molecule has 1 aromatic carbocycles. The van der Waals surface area contributed by atoms with Crippen molar-refractivity contribution in [3.8, 4) is 11.5 Å². The van der Waals surface area contributed by atoms with Crippen LogP contribution in [-0.4, -0.2) is 13.7 Å². The van der Waals surface area contributed by atoms with Gasteiger partial charge in [0.05, 0.1) is 19.5 Å². The van der Waals surface area contributed by atoms with E-state index < -0.39 is 5.82 Å². The Morgan fingerprint density at radius 3 is 2.69 bits per heavy atom. The van der Waals surface area contributed by atoms with Gasteiger partial charge in [-0.1, -0.05) is 6.07 Å². The number of rotatable bonds is 3. The summed E-state index contributed by atoms with van der Waals surface area (Å²) >= 11 is 0. The van der Waals surface area contributed by atoms with E-state index in [-0.39, 0.29) is 24.6 Å². The third-order valence-electron chi connectivity index (χ3n) is 1.36. The van der Waals surface area contributed by atoms with Crippen LogP contribution in [0.15, 0.2) is 12.1 Å². The largest absolute Gasteiger partial charge is 1.00 e. The van der Waals surface area contributed by atoms with Crippen molar-refractivity contribution >= 4 is 0 Å². The number of hydrogen-bond donors (Lipinski definition) is 0. The molecule has 0 fully saturated rings. The molecule has 0 amide bonds. The second-order valence-electron chi connectivity index (χ2n) is 2.15. The van der Waals surface area contributed by atoms with E-state index >= 15 is 0 Å². The normalized spacial score (nSPS) is 8.85. The van der Waals surface area contributed by atoms with E-state index in [0.29, 0.717) is 12.4 Å². The average Bonchev–Trinajstić information content (AvgIpc) is 2.09. The van der Waals surface area contributed by atoms with Gasteiger partial charge in [-0.3, -0.25) is 4.39 Å². The minimum absolute atomic E-state index is 0. The molecule has 2 nitrogen and oxygen atoms in total. The fourth-order valence-electron chi connectivity index (χ4n) is 0.811. The van der Waals surface area contributed by atoms with Gasteiger partial charge in [0.25, 0.3) is 0 Å². The van der Waals surface area contributed by atoms with Crippen LogP contribution in [0.4, 0.5) is 4.39 Å². The van der Waals surface area contributed by atoms with Gasteiger partial charge in [-0.15, -0.1) is 12.1 Å². The second-order valence-corrected chi connectivity index (χ2v) is 2.15. The Balaban J connectivity index is 0.00000144. The van der Waals surface area contributed by atoms with Gasteiger partial charge in [0.15, 0.2) is 0 Å². The van der Waals surface area contributed by atoms with Crippen LogP contribution in [0.5, 0.6) is 11.5 Å². The molecule has 4 heteroatoms. The minimum Gasteiger partial charge on any atom is -0.554 e. The summed E-state index contributed by atoms with van der Waals surface area (Å²) in [5.41, 5.74) is 0. The summed E-state index contributed by atoms with van der Waals surface area (Å²) < 4.78 is 22.7. The van der Waals surface area contributed by atoms with E-state index in [1.165, 1.54) is 19.2 Å². The zero-order chi connectivity index (χ0) is 8.97. The van der Waals surface area contributed by atoms with Crippen molar-refractivity contribution in [3.63, 3.8) is 0 Å². The van der Waals surface area contributed by atoms with E-state index in [4.69, 9.17) is 9.47 Å². The van der Waals surface area contributed by atoms with E-state index in [2.05, 4.69) is 6.07 Å². The average molecular weight is 176 g/mol. The van der Waals surface area contributed by atoms with Crippen molar-refractivity contribution in [2.75, 3.05) is 13.7 Å². The number of halogens is 1. The number of methoxy groups -OCH3 is 1. The summed E-state index contributed by atoms with van der Waals surface area (Å²) in [4.78, 5) is 0. The third-order valence-corrected chi connectivity index (χ3v) is 1.36. The molecule has 0 aromatic heterocycles. The van der Waals surface area contributed by atoms with Crippen LogP contribution in [0.2, 0.25) is 0 Å². The van der Waals surface area contributed by atoms with Crippen LogP contribution in [0, 0.1) is 11.9 Å². The summed E-state index contributed by atoms with van der Waals surface area (Å²) in [6, 6.07) is 5.44. The molecule has 0 N–H and O–H groups in total. The number of benzene rings is 1. The maximum atomic E-state index is 13.0. The molecule has 0 bridgehead atoms. The van der Waals surface area contributed by atoms with Gasteiger partial charge in [0, 0.05) is 11.5 Å². The van der Waals surface area contributed by atoms with Gasteiger partial charge in [-0.05, 0) is 6.92 Å². The molecule has 1 rings (SSSR count). The molecular formula is C9H10FLiO2. The van der Waals surface area contributed by atoms with Crippen LogP contribution in [0.1, 0.15) is 6.92 Å². The minimum atomic E-state index is -0.448. The Hall–Kier alpha value is -0.653. The Morgan fingerprint density at radius 1 is 1.54 bits per heavy atom. The van der Waals surface area contributed by atoms with Gasteiger partial charge in [0.1, 0.15) is 0 Å². The monoisotopic (exact) mass is 176 g/mol. The van der Waals surface area contributed by atoms with Gasteiger partial charge >= 0.3 is 18.9 Å². The number of hydrogen-bond acceptors (Lipinski definition) is 2. The van der Waals surface area contributed by atoms with E-state index in [1.807, 2.05) is 0 Å². The van der Waals surface area contributed by atoms with Crippen LogP contribution in [-0.2, 0) is 0 Å². The Labute approximate surface area is 89.2 Å². The first-order valence-corrected chi connectivity index (χ1v) is 3.66. The molecule has 0 heterocycles. The fourth-order valence-corrected chi connectivity index (χ4v) is 0.811. The van der Waals surface area contributed by atoms with Crippen LogP contribution >= 0.6 is 0 Å². The van der Waals surface area contributed by atoms with Gasteiger partial charge in [-0.2, -0.15) is 0 Å². The quantitative estimate of drug-likeness (QED) is 0.436. The summed E-state index contributed by atoms with van der Waals surface area (Å²) in [6.45, 7) is 2.22. The van der Waals surface area contributed by atoms with Crippen LogP contribution < -0.4 is 28.3 Å². The molecule has 13 heavy (non-hydrogen) atoms. The molecule has 66 valence electrons. The first kappa shape index (κ1) is 12.3. The molecule has 0 aliphatic carbocycles. The molecule has 0 radical (unpaired) electrons. The van der Waals surface area contributed by atoms with Crippen LogP contribution in [0.25, 0.3) is 0 Å². The molecule has 0 spiro atoms. The van der Waals surface area contributed by atoms with Crippen LogP contribution in [0.3, 0.4) is 0 Å².